The first-order chi connectivity index (χ1) is 14.1. The number of benzene rings is 2. The molecule has 0 saturated carbocycles. The molecular formula is C22H22BrN3O4. The Kier molecular flexibility index (Phi) is 6.07. The van der Waals surface area contributed by atoms with Crippen molar-refractivity contribution in [2.24, 2.45) is 5.10 Å². The average molecular weight is 472 g/mol. The van der Waals surface area contributed by atoms with Gasteiger partial charge in [-0.05, 0) is 55.0 Å². The fourth-order valence-electron chi connectivity index (χ4n) is 2.75. The zero-order chi connectivity index (χ0) is 22.1. The molecular weight excluding hydrogens is 450 g/mol. The zero-order valence-corrected chi connectivity index (χ0v) is 18.7. The third-order valence-electron chi connectivity index (χ3n) is 4.34. The average Bonchev–Trinajstić information content (AvgIpc) is 2.67. The second kappa shape index (κ2) is 8.39. The van der Waals surface area contributed by atoms with E-state index >= 15 is 0 Å². The van der Waals surface area contributed by atoms with E-state index in [9.17, 15) is 9.59 Å². The molecule has 156 valence electrons. The number of aliphatic carboxylic acids is 1. The lowest BCUT2D eigenvalue weighted by Crippen LogP contribution is -2.29. The van der Waals surface area contributed by atoms with Gasteiger partial charge in [-0.3, -0.25) is 4.79 Å². The maximum atomic E-state index is 13.1. The van der Waals surface area contributed by atoms with Crippen molar-refractivity contribution in [2.75, 3.05) is 0 Å². The quantitative estimate of drug-likeness (QED) is 0.562. The SMILES string of the molecule is C[C@@H](Oc1ccc(C=Nn2c(C(C)(C)C)nc3ccc(Br)cc3c2=O)cc1)C(=O)O. The number of carboxylic acid groups (broad SMARTS) is 1. The number of fused-ring (bicyclic) bond motifs is 1. The number of carboxylic acids is 1. The maximum Gasteiger partial charge on any atom is 0.344 e. The summed E-state index contributed by atoms with van der Waals surface area (Å²) in [5, 5.41) is 13.8. The number of aromatic nitrogens is 2. The van der Waals surface area contributed by atoms with Crippen LogP contribution < -0.4 is 10.3 Å². The predicted octanol–water partition coefficient (Wildman–Crippen LogP) is 4.19. The van der Waals surface area contributed by atoms with Crippen LogP contribution in [0.1, 0.15) is 39.1 Å². The van der Waals surface area contributed by atoms with Gasteiger partial charge in [-0.2, -0.15) is 9.78 Å². The molecule has 30 heavy (non-hydrogen) atoms. The van der Waals surface area contributed by atoms with Crippen molar-refractivity contribution in [3.63, 3.8) is 0 Å². The van der Waals surface area contributed by atoms with E-state index in [-0.39, 0.29) is 5.56 Å². The van der Waals surface area contributed by atoms with Gasteiger partial charge in [-0.25, -0.2) is 9.78 Å². The molecule has 1 heterocycles. The molecule has 3 aromatic rings. The van der Waals surface area contributed by atoms with Gasteiger partial charge in [0, 0.05) is 9.89 Å². The van der Waals surface area contributed by atoms with Crippen LogP contribution in [0.4, 0.5) is 0 Å². The van der Waals surface area contributed by atoms with Crippen LogP contribution in [0.25, 0.3) is 10.9 Å². The summed E-state index contributed by atoms with van der Waals surface area (Å²) in [5.41, 5.74) is 0.695. The Morgan fingerprint density at radius 3 is 2.50 bits per heavy atom. The van der Waals surface area contributed by atoms with Crippen LogP contribution in [-0.2, 0) is 10.2 Å². The zero-order valence-electron chi connectivity index (χ0n) is 17.1. The summed E-state index contributed by atoms with van der Waals surface area (Å²) in [6.45, 7) is 7.38. The first-order valence-electron chi connectivity index (χ1n) is 9.33. The Morgan fingerprint density at radius 1 is 1.23 bits per heavy atom. The fraction of sp³-hybridized carbons (Fsp3) is 0.273. The van der Waals surface area contributed by atoms with E-state index in [0.29, 0.717) is 22.5 Å². The van der Waals surface area contributed by atoms with Gasteiger partial charge in [-0.15, -0.1) is 0 Å². The smallest absolute Gasteiger partial charge is 0.344 e. The topological polar surface area (TPSA) is 93.8 Å². The van der Waals surface area contributed by atoms with Crippen molar-refractivity contribution in [3.8, 4) is 5.75 Å². The second-order valence-corrected chi connectivity index (χ2v) is 8.79. The number of nitrogens with zero attached hydrogens (tertiary/aromatic N) is 3. The molecule has 0 aliphatic carbocycles. The minimum Gasteiger partial charge on any atom is -0.479 e. The van der Waals surface area contributed by atoms with Gasteiger partial charge in [0.15, 0.2) is 6.10 Å². The van der Waals surface area contributed by atoms with E-state index < -0.39 is 17.5 Å². The minimum absolute atomic E-state index is 0.252. The molecule has 0 aliphatic heterocycles. The number of ether oxygens (including phenoxy) is 1. The van der Waals surface area contributed by atoms with Crippen LogP contribution in [-0.4, -0.2) is 33.1 Å². The summed E-state index contributed by atoms with van der Waals surface area (Å²) in [5.74, 6) is -0.0502. The van der Waals surface area contributed by atoms with Crippen molar-refractivity contribution in [2.45, 2.75) is 39.2 Å². The van der Waals surface area contributed by atoms with Gasteiger partial charge in [0.05, 0.1) is 17.1 Å². The molecule has 0 unspecified atom stereocenters. The van der Waals surface area contributed by atoms with Gasteiger partial charge in [-0.1, -0.05) is 36.7 Å². The van der Waals surface area contributed by atoms with Crippen LogP contribution in [0, 0.1) is 0 Å². The molecule has 3 rings (SSSR count). The van der Waals surface area contributed by atoms with E-state index in [1.165, 1.54) is 11.6 Å². The summed E-state index contributed by atoms with van der Waals surface area (Å²) in [7, 11) is 0. The highest BCUT2D eigenvalue weighted by molar-refractivity contribution is 9.10. The molecule has 0 spiro atoms. The van der Waals surface area contributed by atoms with E-state index in [4.69, 9.17) is 9.84 Å². The van der Waals surface area contributed by atoms with E-state index in [2.05, 4.69) is 26.0 Å². The third-order valence-corrected chi connectivity index (χ3v) is 4.84. The number of hydrogen-bond donors (Lipinski definition) is 1. The summed E-state index contributed by atoms with van der Waals surface area (Å²) in [4.78, 5) is 28.7. The monoisotopic (exact) mass is 471 g/mol. The number of hydrogen-bond acceptors (Lipinski definition) is 5. The third kappa shape index (κ3) is 4.76. The molecule has 8 heteroatoms. The Morgan fingerprint density at radius 2 is 1.90 bits per heavy atom. The Bertz CT molecular complexity index is 1180. The van der Waals surface area contributed by atoms with E-state index in [1.54, 1.807) is 42.6 Å². The van der Waals surface area contributed by atoms with Crippen LogP contribution in [0.5, 0.6) is 5.75 Å². The summed E-state index contributed by atoms with van der Waals surface area (Å²) >= 11 is 3.39. The Labute approximate surface area is 182 Å². The normalized spacial score (nSPS) is 13.0. The van der Waals surface area contributed by atoms with Crippen molar-refractivity contribution >= 4 is 39.0 Å². The lowest BCUT2D eigenvalue weighted by Gasteiger charge is -2.20. The first kappa shape index (κ1) is 21.7. The lowest BCUT2D eigenvalue weighted by atomic mass is 9.95. The molecule has 0 aliphatic rings. The van der Waals surface area contributed by atoms with Crippen LogP contribution >= 0.6 is 15.9 Å². The summed E-state index contributed by atoms with van der Waals surface area (Å²) < 4.78 is 7.44. The van der Waals surface area contributed by atoms with E-state index in [0.717, 1.165) is 10.0 Å². The highest BCUT2D eigenvalue weighted by Crippen LogP contribution is 2.23. The predicted molar refractivity (Wildman–Crippen MR) is 120 cm³/mol. The number of rotatable bonds is 5. The van der Waals surface area contributed by atoms with Gasteiger partial charge in [0.25, 0.3) is 5.56 Å². The molecule has 0 bridgehead atoms. The summed E-state index contributed by atoms with van der Waals surface area (Å²) in [6, 6.07) is 12.2. The minimum atomic E-state index is -1.04. The lowest BCUT2D eigenvalue weighted by molar-refractivity contribution is -0.144. The molecule has 0 amide bonds. The largest absolute Gasteiger partial charge is 0.479 e. The molecule has 2 aromatic carbocycles. The van der Waals surface area contributed by atoms with Crippen LogP contribution in [0.2, 0.25) is 0 Å². The second-order valence-electron chi connectivity index (χ2n) is 7.88. The fourth-order valence-corrected chi connectivity index (χ4v) is 3.11. The molecule has 1 aromatic heterocycles. The molecule has 1 atom stereocenters. The standard InChI is InChI=1S/C22H22BrN3O4/c1-13(20(28)29)30-16-8-5-14(6-9-16)12-24-26-19(27)17-11-15(23)7-10-18(17)25-21(26)22(2,3)4/h5-13H,1-4H3,(H,28,29)/t13-/m1/s1. The van der Waals surface area contributed by atoms with Crippen molar-refractivity contribution in [1.82, 2.24) is 9.66 Å². The molecule has 0 saturated heterocycles. The highest BCUT2D eigenvalue weighted by Gasteiger charge is 2.22. The van der Waals surface area contributed by atoms with Gasteiger partial charge >= 0.3 is 5.97 Å². The molecule has 0 fully saturated rings. The number of carbonyl (C=O) groups is 1. The van der Waals surface area contributed by atoms with E-state index in [1.807, 2.05) is 26.8 Å². The Balaban J connectivity index is 2.00. The maximum absolute atomic E-state index is 13.1. The van der Waals surface area contributed by atoms with Gasteiger partial charge in [0.2, 0.25) is 0 Å². The van der Waals surface area contributed by atoms with Crippen LogP contribution in [0.3, 0.4) is 0 Å². The first-order valence-corrected chi connectivity index (χ1v) is 10.1. The molecule has 1 N–H and O–H groups in total. The Hall–Kier alpha value is -3.00. The van der Waals surface area contributed by atoms with Crippen molar-refractivity contribution in [3.05, 3.63) is 68.7 Å². The van der Waals surface area contributed by atoms with Crippen molar-refractivity contribution in [1.29, 1.82) is 0 Å². The van der Waals surface area contributed by atoms with Crippen molar-refractivity contribution < 1.29 is 14.6 Å². The number of halogens is 1. The molecule has 0 radical (unpaired) electrons. The summed E-state index contributed by atoms with van der Waals surface area (Å²) in [6.07, 6.45) is 0.618. The molecule has 7 nitrogen and oxygen atoms in total. The highest BCUT2D eigenvalue weighted by atomic mass is 79.9. The van der Waals surface area contributed by atoms with Crippen LogP contribution in [0.15, 0.2) is 56.8 Å². The van der Waals surface area contributed by atoms with Gasteiger partial charge in [0.1, 0.15) is 11.6 Å². The van der Waals surface area contributed by atoms with Gasteiger partial charge < -0.3 is 9.84 Å².